The highest BCUT2D eigenvalue weighted by molar-refractivity contribution is 5.10. The van der Waals surface area contributed by atoms with E-state index in [2.05, 4.69) is 5.92 Å². The predicted octanol–water partition coefficient (Wildman–Crippen LogP) is 1.19. The van der Waals surface area contributed by atoms with Crippen LogP contribution in [0.5, 0.6) is 0 Å². The quantitative estimate of drug-likeness (QED) is 0.548. The smallest absolute Gasteiger partial charge is 0.0572 e. The molecule has 9 heavy (non-hydrogen) atoms. The van der Waals surface area contributed by atoms with E-state index in [0.29, 0.717) is 0 Å². The summed E-state index contributed by atoms with van der Waals surface area (Å²) in [5, 5.41) is 8.93. The molecule has 1 unspecified atom stereocenters. The maximum atomic E-state index is 8.93. The lowest BCUT2D eigenvalue weighted by atomic mass is 10.1. The first-order valence-electron chi connectivity index (χ1n) is 2.99. The van der Waals surface area contributed by atoms with E-state index in [0.717, 1.165) is 0 Å². The molecule has 0 aromatic carbocycles. The highest BCUT2D eigenvalue weighted by Crippen LogP contribution is 2.02. The maximum Gasteiger partial charge on any atom is 0.0572 e. The van der Waals surface area contributed by atoms with E-state index < -0.39 is 0 Å². The molecule has 0 fully saturated rings. The molecule has 2 atom stereocenters. The highest BCUT2D eigenvalue weighted by atomic mass is 16.3. The Morgan fingerprint density at radius 3 is 2.44 bits per heavy atom. The van der Waals surface area contributed by atoms with Gasteiger partial charge in [-0.2, -0.15) is 0 Å². The van der Waals surface area contributed by atoms with E-state index in [9.17, 15) is 0 Å². The van der Waals surface area contributed by atoms with Gasteiger partial charge in [-0.15, -0.1) is 6.42 Å². The minimum atomic E-state index is -0.311. The lowest BCUT2D eigenvalue weighted by Gasteiger charge is -2.07. The summed E-state index contributed by atoms with van der Waals surface area (Å²) in [6.45, 7) is 3.66. The number of aliphatic hydroxyl groups excluding tert-OH is 1. The van der Waals surface area contributed by atoms with E-state index in [-0.39, 0.29) is 12.0 Å². The monoisotopic (exact) mass is 124 g/mol. The van der Waals surface area contributed by atoms with Crippen molar-refractivity contribution in [3.63, 3.8) is 0 Å². The van der Waals surface area contributed by atoms with E-state index in [4.69, 9.17) is 11.5 Å². The van der Waals surface area contributed by atoms with E-state index in [1.807, 2.05) is 13.0 Å². The minimum Gasteiger partial charge on any atom is -0.393 e. The molecule has 1 heteroatoms. The van der Waals surface area contributed by atoms with Gasteiger partial charge in [0.25, 0.3) is 0 Å². The second-order valence-electron chi connectivity index (χ2n) is 2.13. The summed E-state index contributed by atoms with van der Waals surface area (Å²) in [6.07, 6.45) is 8.07. The van der Waals surface area contributed by atoms with Gasteiger partial charge in [0.2, 0.25) is 0 Å². The van der Waals surface area contributed by atoms with Crippen LogP contribution in [0.15, 0.2) is 12.2 Å². The Hall–Kier alpha value is -0.740. The fourth-order valence-corrected chi connectivity index (χ4v) is 0.368. The molecule has 1 N–H and O–H groups in total. The van der Waals surface area contributed by atoms with E-state index in [1.54, 1.807) is 13.0 Å². The first-order chi connectivity index (χ1) is 4.18. The molecule has 0 bridgehead atoms. The van der Waals surface area contributed by atoms with Crippen molar-refractivity contribution in [3.8, 4) is 12.3 Å². The minimum absolute atomic E-state index is 0.154. The number of aliphatic hydroxyl groups is 1. The van der Waals surface area contributed by atoms with Crippen LogP contribution in [0, 0.1) is 18.3 Å². The summed E-state index contributed by atoms with van der Waals surface area (Å²) in [5.74, 6) is 2.52. The van der Waals surface area contributed by atoms with Gasteiger partial charge in [-0.1, -0.05) is 18.9 Å². The molecule has 0 heterocycles. The van der Waals surface area contributed by atoms with Crippen LogP contribution in [-0.2, 0) is 0 Å². The van der Waals surface area contributed by atoms with Crippen molar-refractivity contribution in [2.75, 3.05) is 0 Å². The van der Waals surface area contributed by atoms with Gasteiger partial charge in [-0.05, 0) is 13.0 Å². The van der Waals surface area contributed by atoms with Crippen molar-refractivity contribution in [1.29, 1.82) is 0 Å². The summed E-state index contributed by atoms with van der Waals surface area (Å²) in [6, 6.07) is 0. The summed E-state index contributed by atoms with van der Waals surface area (Å²) >= 11 is 0. The topological polar surface area (TPSA) is 20.2 Å². The van der Waals surface area contributed by atoms with Gasteiger partial charge < -0.3 is 5.11 Å². The average molecular weight is 124 g/mol. The largest absolute Gasteiger partial charge is 0.393 e. The van der Waals surface area contributed by atoms with Gasteiger partial charge in [0.05, 0.1) is 6.10 Å². The van der Waals surface area contributed by atoms with Gasteiger partial charge >= 0.3 is 0 Å². The van der Waals surface area contributed by atoms with Crippen LogP contribution in [0.1, 0.15) is 13.8 Å². The molecule has 1 nitrogen and oxygen atoms in total. The van der Waals surface area contributed by atoms with Gasteiger partial charge in [-0.25, -0.2) is 0 Å². The Morgan fingerprint density at radius 2 is 2.11 bits per heavy atom. The third-order valence-electron chi connectivity index (χ3n) is 1.26. The normalized spacial score (nSPS) is 17.1. The molecule has 0 aliphatic rings. The lowest BCUT2D eigenvalue weighted by molar-refractivity contribution is 0.157. The molecule has 50 valence electrons. The molecular weight excluding hydrogens is 112 g/mol. The zero-order valence-corrected chi connectivity index (χ0v) is 5.83. The second-order valence-corrected chi connectivity index (χ2v) is 2.13. The second kappa shape index (κ2) is 4.17. The van der Waals surface area contributed by atoms with Crippen LogP contribution in [0.4, 0.5) is 0 Å². The molecule has 0 saturated carbocycles. The summed E-state index contributed by atoms with van der Waals surface area (Å²) in [5.41, 5.74) is 0. The molecule has 0 saturated heterocycles. The summed E-state index contributed by atoms with van der Waals surface area (Å²) in [7, 11) is 0. The van der Waals surface area contributed by atoms with Crippen molar-refractivity contribution in [3.05, 3.63) is 12.2 Å². The Balaban J connectivity index is 3.65. The molecule has 0 aliphatic carbocycles. The zero-order chi connectivity index (χ0) is 7.28. The Labute approximate surface area is 56.4 Å². The maximum absolute atomic E-state index is 8.93. The van der Waals surface area contributed by atoms with Crippen LogP contribution in [0.3, 0.4) is 0 Å². The van der Waals surface area contributed by atoms with Crippen LogP contribution in [0.25, 0.3) is 0 Å². The summed E-state index contributed by atoms with van der Waals surface area (Å²) in [4.78, 5) is 0. The van der Waals surface area contributed by atoms with Crippen molar-refractivity contribution < 1.29 is 5.11 Å². The predicted molar refractivity (Wildman–Crippen MR) is 38.8 cm³/mol. The lowest BCUT2D eigenvalue weighted by Crippen LogP contribution is -2.09. The average Bonchev–Trinajstić information content (AvgIpc) is 1.82. The van der Waals surface area contributed by atoms with E-state index >= 15 is 0 Å². The number of allylic oxidation sites excluding steroid dienone is 1. The third kappa shape index (κ3) is 3.81. The van der Waals surface area contributed by atoms with Crippen LogP contribution >= 0.6 is 0 Å². The first-order valence-corrected chi connectivity index (χ1v) is 2.99. The molecule has 0 aliphatic heterocycles. The number of hydrogen-bond donors (Lipinski definition) is 1. The molecule has 0 aromatic heterocycles. The van der Waals surface area contributed by atoms with Crippen molar-refractivity contribution in [1.82, 2.24) is 0 Å². The number of rotatable bonds is 2. The third-order valence-corrected chi connectivity index (χ3v) is 1.26. The summed E-state index contributed by atoms with van der Waals surface area (Å²) < 4.78 is 0. The van der Waals surface area contributed by atoms with Crippen LogP contribution in [0.2, 0.25) is 0 Å². The number of terminal acetylenes is 1. The highest BCUT2D eigenvalue weighted by Gasteiger charge is 2.01. The Bertz CT molecular complexity index is 128. The molecule has 0 radical (unpaired) electrons. The Kier molecular flexibility index (Phi) is 3.83. The molecule has 0 amide bonds. The van der Waals surface area contributed by atoms with Crippen LogP contribution < -0.4 is 0 Å². The fraction of sp³-hybridized carbons (Fsp3) is 0.500. The van der Waals surface area contributed by atoms with E-state index in [1.165, 1.54) is 0 Å². The Morgan fingerprint density at radius 1 is 1.56 bits per heavy atom. The van der Waals surface area contributed by atoms with Gasteiger partial charge in [0.15, 0.2) is 0 Å². The zero-order valence-electron chi connectivity index (χ0n) is 5.83. The standard InChI is InChI=1S/C8H12O/c1-4-5-6-7(2)8(3)9/h1,5-9H,2-3H3/b6-5+/t7-,8?/m1/s1. The van der Waals surface area contributed by atoms with Gasteiger partial charge in [0.1, 0.15) is 0 Å². The SMILES string of the molecule is C#C/C=C/[C@@H](C)C(C)O. The number of hydrogen-bond acceptors (Lipinski definition) is 1. The molecule has 0 spiro atoms. The van der Waals surface area contributed by atoms with Crippen LogP contribution in [-0.4, -0.2) is 11.2 Å². The van der Waals surface area contributed by atoms with Gasteiger partial charge in [-0.3, -0.25) is 0 Å². The molecule has 0 rings (SSSR count). The fourth-order valence-electron chi connectivity index (χ4n) is 0.368. The molecule has 0 aromatic rings. The molecular formula is C8H12O. The van der Waals surface area contributed by atoms with Crippen molar-refractivity contribution in [2.45, 2.75) is 20.0 Å². The first kappa shape index (κ1) is 8.26. The van der Waals surface area contributed by atoms with Crippen molar-refractivity contribution in [2.24, 2.45) is 5.92 Å². The van der Waals surface area contributed by atoms with Gasteiger partial charge in [0, 0.05) is 5.92 Å². The van der Waals surface area contributed by atoms with Crippen molar-refractivity contribution >= 4 is 0 Å².